The van der Waals surface area contributed by atoms with Gasteiger partial charge in [-0.05, 0) is 49.1 Å². The van der Waals surface area contributed by atoms with Gasteiger partial charge in [-0.25, -0.2) is 0 Å². The minimum atomic E-state index is -0.514. The van der Waals surface area contributed by atoms with Crippen molar-refractivity contribution < 1.29 is 24.2 Å². The molecule has 1 saturated carbocycles. The van der Waals surface area contributed by atoms with Crippen molar-refractivity contribution in [2.45, 2.75) is 62.9 Å². The number of anilines is 1. The maximum atomic E-state index is 12.5. The molecule has 1 aliphatic carbocycles. The largest absolute Gasteiger partial charge is 0.487 e. The first kappa shape index (κ1) is 21.9. The molecule has 8 nitrogen and oxygen atoms in total. The highest BCUT2D eigenvalue weighted by molar-refractivity contribution is 5.93. The molecule has 2 amide bonds. The normalized spacial score (nSPS) is 25.8. The summed E-state index contributed by atoms with van der Waals surface area (Å²) < 4.78 is 12.1. The van der Waals surface area contributed by atoms with Crippen LogP contribution in [0, 0.1) is 5.92 Å². The van der Waals surface area contributed by atoms with Crippen LogP contribution < -0.4 is 15.4 Å². The molecule has 2 fully saturated rings. The molecule has 3 aliphatic rings. The fourth-order valence-corrected chi connectivity index (χ4v) is 4.86. The summed E-state index contributed by atoms with van der Waals surface area (Å²) in [5.41, 5.74) is 2.68. The number of amides is 2. The van der Waals surface area contributed by atoms with Gasteiger partial charge in [0.05, 0.1) is 19.1 Å². The van der Waals surface area contributed by atoms with Crippen LogP contribution in [0.3, 0.4) is 0 Å². The van der Waals surface area contributed by atoms with Crippen LogP contribution in [-0.2, 0) is 20.9 Å². The Bertz CT molecular complexity index is 1010. The maximum absolute atomic E-state index is 12.5. The highest BCUT2D eigenvalue weighted by atomic mass is 16.6. The van der Waals surface area contributed by atoms with E-state index < -0.39 is 6.10 Å². The number of aliphatic hydroxyl groups is 1. The number of hydrogen-bond acceptors (Lipinski definition) is 6. The Morgan fingerprint density at radius 3 is 2.82 bits per heavy atom. The number of carbonyl (C=O) groups excluding carboxylic acids is 2. The third-order valence-corrected chi connectivity index (χ3v) is 6.87. The van der Waals surface area contributed by atoms with Crippen LogP contribution in [0.15, 0.2) is 42.7 Å². The van der Waals surface area contributed by atoms with Gasteiger partial charge in [0, 0.05) is 42.0 Å². The summed E-state index contributed by atoms with van der Waals surface area (Å²) in [4.78, 5) is 29.0. The SMILES string of the molecule is O=C(C[C@H]1C[C@@H]2c3cc(NC(=O)C4CCC4)ccc3O[C@@H]2[C@@H](CO)O1)NCc1cccnc1. The Labute approximate surface area is 192 Å². The fourth-order valence-electron chi connectivity index (χ4n) is 4.86. The molecule has 5 rings (SSSR count). The van der Waals surface area contributed by atoms with Crippen molar-refractivity contribution in [2.75, 3.05) is 11.9 Å². The Kier molecular flexibility index (Phi) is 6.28. The van der Waals surface area contributed by atoms with Crippen LogP contribution >= 0.6 is 0 Å². The number of nitrogens with zero attached hydrogens (tertiary/aromatic N) is 1. The van der Waals surface area contributed by atoms with Gasteiger partial charge in [0.25, 0.3) is 0 Å². The average Bonchev–Trinajstić information content (AvgIpc) is 3.14. The fraction of sp³-hybridized carbons (Fsp3) is 0.480. The number of pyridine rings is 1. The van der Waals surface area contributed by atoms with Crippen molar-refractivity contribution in [3.63, 3.8) is 0 Å². The van der Waals surface area contributed by atoms with Gasteiger partial charge in [-0.15, -0.1) is 0 Å². The summed E-state index contributed by atoms with van der Waals surface area (Å²) in [5.74, 6) is 0.802. The number of carbonyl (C=O) groups is 2. The van der Waals surface area contributed by atoms with E-state index >= 15 is 0 Å². The van der Waals surface area contributed by atoms with Crippen molar-refractivity contribution in [3.05, 3.63) is 53.9 Å². The molecular formula is C25H29N3O5. The van der Waals surface area contributed by atoms with Gasteiger partial charge in [-0.2, -0.15) is 0 Å². The average molecular weight is 452 g/mol. The van der Waals surface area contributed by atoms with E-state index in [1.165, 1.54) is 0 Å². The first-order valence-corrected chi connectivity index (χ1v) is 11.6. The molecule has 3 N–H and O–H groups in total. The lowest BCUT2D eigenvalue weighted by atomic mass is 9.83. The molecule has 2 aliphatic heterocycles. The smallest absolute Gasteiger partial charge is 0.227 e. The van der Waals surface area contributed by atoms with Gasteiger partial charge in [-0.1, -0.05) is 12.5 Å². The van der Waals surface area contributed by atoms with Crippen LogP contribution in [0.5, 0.6) is 5.75 Å². The number of ether oxygens (including phenoxy) is 2. The second-order valence-electron chi connectivity index (χ2n) is 9.12. The van der Waals surface area contributed by atoms with Gasteiger partial charge < -0.3 is 25.2 Å². The highest BCUT2D eigenvalue weighted by Gasteiger charge is 2.46. The van der Waals surface area contributed by atoms with Crippen LogP contribution in [0.2, 0.25) is 0 Å². The summed E-state index contributed by atoms with van der Waals surface area (Å²) in [7, 11) is 0. The van der Waals surface area contributed by atoms with Crippen molar-refractivity contribution >= 4 is 17.5 Å². The van der Waals surface area contributed by atoms with Gasteiger partial charge in [-0.3, -0.25) is 14.6 Å². The number of hydrogen-bond donors (Lipinski definition) is 3. The predicted octanol–water partition coefficient (Wildman–Crippen LogP) is 2.52. The lowest BCUT2D eigenvalue weighted by Gasteiger charge is -2.37. The van der Waals surface area contributed by atoms with Gasteiger partial charge >= 0.3 is 0 Å². The summed E-state index contributed by atoms with van der Waals surface area (Å²) in [5, 5.41) is 15.9. The van der Waals surface area contributed by atoms with Gasteiger partial charge in [0.15, 0.2) is 0 Å². The monoisotopic (exact) mass is 451 g/mol. The summed E-state index contributed by atoms with van der Waals surface area (Å²) in [6, 6.07) is 9.43. The number of fused-ring (bicyclic) bond motifs is 3. The zero-order valence-electron chi connectivity index (χ0n) is 18.4. The van der Waals surface area contributed by atoms with E-state index in [9.17, 15) is 14.7 Å². The van der Waals surface area contributed by atoms with E-state index in [1.54, 1.807) is 12.4 Å². The van der Waals surface area contributed by atoms with Crippen LogP contribution in [0.1, 0.15) is 49.1 Å². The summed E-state index contributed by atoms with van der Waals surface area (Å²) in [6.45, 7) is 0.221. The van der Waals surface area contributed by atoms with Crippen molar-refractivity contribution in [3.8, 4) is 5.75 Å². The minimum Gasteiger partial charge on any atom is -0.487 e. The number of aromatic nitrogens is 1. The quantitative estimate of drug-likeness (QED) is 0.597. The molecule has 2 aromatic rings. The molecule has 8 heteroatoms. The number of rotatable bonds is 7. The lowest BCUT2D eigenvalue weighted by Crippen LogP contribution is -2.47. The van der Waals surface area contributed by atoms with E-state index in [0.29, 0.717) is 13.0 Å². The second kappa shape index (κ2) is 9.49. The third kappa shape index (κ3) is 4.72. The molecule has 0 unspecified atom stereocenters. The molecule has 3 heterocycles. The van der Waals surface area contributed by atoms with E-state index in [4.69, 9.17) is 9.47 Å². The first-order chi connectivity index (χ1) is 16.1. The molecule has 0 spiro atoms. The molecule has 1 aromatic carbocycles. The van der Waals surface area contributed by atoms with E-state index in [0.717, 1.165) is 41.8 Å². The van der Waals surface area contributed by atoms with E-state index in [2.05, 4.69) is 15.6 Å². The number of benzene rings is 1. The number of nitrogens with one attached hydrogen (secondary N) is 2. The van der Waals surface area contributed by atoms with Crippen molar-refractivity contribution in [2.24, 2.45) is 5.92 Å². The zero-order valence-corrected chi connectivity index (χ0v) is 18.4. The molecule has 0 radical (unpaired) electrons. The van der Waals surface area contributed by atoms with E-state index in [1.807, 2.05) is 30.3 Å². The van der Waals surface area contributed by atoms with Gasteiger partial charge in [0.1, 0.15) is 18.0 Å². The van der Waals surface area contributed by atoms with Crippen LogP contribution in [-0.4, -0.2) is 46.8 Å². The highest BCUT2D eigenvalue weighted by Crippen LogP contribution is 2.47. The van der Waals surface area contributed by atoms with Crippen molar-refractivity contribution in [1.29, 1.82) is 0 Å². The topological polar surface area (TPSA) is 110 Å². The van der Waals surface area contributed by atoms with Gasteiger partial charge in [0.2, 0.25) is 11.8 Å². The standard InChI is InChI=1S/C25H29N3O5/c29-14-22-24-20(10-18(32-22)11-23(30)27-13-15-3-2-8-26-12-15)19-9-17(6-7-21(19)33-24)28-25(31)16-4-1-5-16/h2-3,6-9,12,16,18,20,22,24,29H,1,4-5,10-11,13-14H2,(H,27,30)(H,28,31)/t18-,20-,22-,24+/m1/s1. The first-order valence-electron chi connectivity index (χ1n) is 11.6. The number of aliphatic hydroxyl groups excluding tert-OH is 1. The minimum absolute atomic E-state index is 0.0115. The third-order valence-electron chi connectivity index (χ3n) is 6.87. The second-order valence-corrected chi connectivity index (χ2v) is 9.12. The Morgan fingerprint density at radius 2 is 2.09 bits per heavy atom. The van der Waals surface area contributed by atoms with Crippen LogP contribution in [0.25, 0.3) is 0 Å². The molecule has 1 saturated heterocycles. The lowest BCUT2D eigenvalue weighted by molar-refractivity contribution is -0.142. The van der Waals surface area contributed by atoms with Crippen molar-refractivity contribution in [1.82, 2.24) is 10.3 Å². The Morgan fingerprint density at radius 1 is 1.21 bits per heavy atom. The molecule has 33 heavy (non-hydrogen) atoms. The molecule has 174 valence electrons. The Hall–Kier alpha value is -2.97. The van der Waals surface area contributed by atoms with Crippen LogP contribution in [0.4, 0.5) is 5.69 Å². The summed E-state index contributed by atoms with van der Waals surface area (Å²) in [6.07, 6.45) is 6.07. The van der Waals surface area contributed by atoms with E-state index in [-0.39, 0.29) is 48.9 Å². The molecule has 0 bridgehead atoms. The maximum Gasteiger partial charge on any atom is 0.227 e. The zero-order chi connectivity index (χ0) is 22.8. The molecular weight excluding hydrogens is 422 g/mol. The molecule has 1 aromatic heterocycles. The molecule has 4 atom stereocenters. The Balaban J connectivity index is 1.25. The predicted molar refractivity (Wildman–Crippen MR) is 121 cm³/mol. The summed E-state index contributed by atoms with van der Waals surface area (Å²) >= 11 is 0.